The van der Waals surface area contributed by atoms with Gasteiger partial charge in [0.2, 0.25) is 0 Å². The van der Waals surface area contributed by atoms with E-state index in [9.17, 15) is 9.18 Å². The van der Waals surface area contributed by atoms with E-state index < -0.39 is 5.91 Å². The van der Waals surface area contributed by atoms with Gasteiger partial charge in [0.15, 0.2) is 0 Å². The number of hydrazone groups is 1. The predicted octanol–water partition coefficient (Wildman–Crippen LogP) is 3.90. The largest absolute Gasteiger partial charge is 0.455 e. The Bertz CT molecular complexity index is 908. The number of benzene rings is 1. The topological polar surface area (TPSA) is 67.5 Å². The van der Waals surface area contributed by atoms with Crippen LogP contribution in [0.15, 0.2) is 64.2 Å². The second kappa shape index (κ2) is 7.06. The smallest absolute Gasteiger partial charge is 0.274 e. The van der Waals surface area contributed by atoms with Crippen molar-refractivity contribution in [2.24, 2.45) is 5.10 Å². The van der Waals surface area contributed by atoms with Crippen LogP contribution in [0.5, 0.6) is 0 Å². The van der Waals surface area contributed by atoms with Gasteiger partial charge in [-0.3, -0.25) is 4.79 Å². The van der Waals surface area contributed by atoms with Gasteiger partial charge in [-0.25, -0.2) is 14.8 Å². The number of amides is 1. The molecule has 3 rings (SSSR count). The van der Waals surface area contributed by atoms with Crippen molar-refractivity contribution in [1.29, 1.82) is 0 Å². The van der Waals surface area contributed by atoms with E-state index in [1.165, 1.54) is 30.6 Å². The molecule has 0 unspecified atom stereocenters. The zero-order valence-electron chi connectivity index (χ0n) is 12.2. The third-order valence-electron chi connectivity index (χ3n) is 3.10. The molecule has 0 spiro atoms. The summed E-state index contributed by atoms with van der Waals surface area (Å²) in [5.41, 5.74) is 3.16. The molecular formula is C17H11ClFN3O2. The number of aromatic nitrogens is 1. The number of pyridine rings is 1. The molecule has 0 aliphatic rings. The Kier molecular flexibility index (Phi) is 4.67. The monoisotopic (exact) mass is 343 g/mol. The second-order valence-corrected chi connectivity index (χ2v) is 5.11. The first-order chi connectivity index (χ1) is 11.6. The number of carbonyl (C=O) groups excluding carboxylic acids is 1. The van der Waals surface area contributed by atoms with Crippen molar-refractivity contribution in [1.82, 2.24) is 10.4 Å². The fourth-order valence-corrected chi connectivity index (χ4v) is 2.19. The molecule has 1 aromatic carbocycles. The van der Waals surface area contributed by atoms with Crippen molar-refractivity contribution in [2.75, 3.05) is 0 Å². The van der Waals surface area contributed by atoms with Gasteiger partial charge in [0.05, 0.1) is 11.8 Å². The van der Waals surface area contributed by atoms with Gasteiger partial charge in [0.1, 0.15) is 22.5 Å². The van der Waals surface area contributed by atoms with Crippen molar-refractivity contribution in [2.45, 2.75) is 0 Å². The molecule has 2 aromatic heterocycles. The summed E-state index contributed by atoms with van der Waals surface area (Å²) in [5.74, 6) is 0.0745. The van der Waals surface area contributed by atoms with Crippen molar-refractivity contribution in [3.63, 3.8) is 0 Å². The number of hydrogen-bond donors (Lipinski definition) is 1. The highest BCUT2D eigenvalue weighted by Crippen LogP contribution is 2.22. The maximum absolute atomic E-state index is 13.2. The molecule has 2 heterocycles. The van der Waals surface area contributed by atoms with Crippen LogP contribution in [-0.4, -0.2) is 17.1 Å². The number of hydrogen-bond acceptors (Lipinski definition) is 4. The lowest BCUT2D eigenvalue weighted by Gasteiger charge is -2.00. The van der Waals surface area contributed by atoms with Crippen molar-refractivity contribution in [3.8, 4) is 11.3 Å². The normalized spacial score (nSPS) is 10.9. The maximum atomic E-state index is 13.2. The van der Waals surface area contributed by atoms with Gasteiger partial charge in [-0.1, -0.05) is 23.7 Å². The lowest BCUT2D eigenvalue weighted by molar-refractivity contribution is 0.0955. The Balaban J connectivity index is 1.68. The van der Waals surface area contributed by atoms with Gasteiger partial charge < -0.3 is 4.42 Å². The molecule has 0 saturated heterocycles. The molecule has 7 heteroatoms. The van der Waals surface area contributed by atoms with Gasteiger partial charge in [-0.15, -0.1) is 0 Å². The van der Waals surface area contributed by atoms with Crippen LogP contribution in [0, 0.1) is 5.82 Å². The van der Waals surface area contributed by atoms with E-state index in [4.69, 9.17) is 16.0 Å². The summed E-state index contributed by atoms with van der Waals surface area (Å²) in [6.45, 7) is 0. The predicted molar refractivity (Wildman–Crippen MR) is 88.4 cm³/mol. The molecule has 3 aromatic rings. The van der Waals surface area contributed by atoms with Crippen LogP contribution >= 0.6 is 11.6 Å². The SMILES string of the molecule is O=C(NN=Cc1ccc(-c2cccc(F)c2)o1)c1cccnc1Cl. The minimum atomic E-state index is -0.485. The molecule has 5 nitrogen and oxygen atoms in total. The standard InChI is InChI=1S/C17H11ClFN3O2/c18-16-14(5-2-8-20-16)17(23)22-21-10-13-6-7-15(24-13)11-3-1-4-12(19)9-11/h1-10H,(H,22,23). The minimum absolute atomic E-state index is 0.0941. The summed E-state index contributed by atoms with van der Waals surface area (Å²) < 4.78 is 18.7. The Morgan fingerprint density at radius 1 is 1.25 bits per heavy atom. The van der Waals surface area contributed by atoms with E-state index in [0.29, 0.717) is 17.1 Å². The minimum Gasteiger partial charge on any atom is -0.455 e. The van der Waals surface area contributed by atoms with E-state index >= 15 is 0 Å². The van der Waals surface area contributed by atoms with Crippen LogP contribution in [0.2, 0.25) is 5.15 Å². The zero-order chi connectivity index (χ0) is 16.9. The summed E-state index contributed by atoms with van der Waals surface area (Å²) in [4.78, 5) is 15.7. The van der Waals surface area contributed by atoms with Gasteiger partial charge in [0.25, 0.3) is 5.91 Å². The van der Waals surface area contributed by atoms with E-state index in [1.54, 1.807) is 30.3 Å². The fourth-order valence-electron chi connectivity index (χ4n) is 1.99. The number of halogens is 2. The second-order valence-electron chi connectivity index (χ2n) is 4.75. The molecule has 120 valence electrons. The summed E-state index contributed by atoms with van der Waals surface area (Å²) in [5, 5.41) is 3.90. The first kappa shape index (κ1) is 15.9. The molecule has 0 aliphatic heterocycles. The number of furan rings is 1. The number of carbonyl (C=O) groups is 1. The average molecular weight is 344 g/mol. The van der Waals surface area contributed by atoms with Gasteiger partial charge in [-0.05, 0) is 36.4 Å². The van der Waals surface area contributed by atoms with E-state index in [-0.39, 0.29) is 16.5 Å². The molecule has 0 aliphatic carbocycles. The highest BCUT2D eigenvalue weighted by Gasteiger charge is 2.09. The lowest BCUT2D eigenvalue weighted by atomic mass is 10.2. The Morgan fingerprint density at radius 3 is 2.92 bits per heavy atom. The quantitative estimate of drug-likeness (QED) is 0.444. The molecule has 0 atom stereocenters. The molecule has 0 saturated carbocycles. The molecule has 24 heavy (non-hydrogen) atoms. The molecule has 1 amide bonds. The average Bonchev–Trinajstić information content (AvgIpc) is 3.04. The third kappa shape index (κ3) is 3.67. The molecule has 0 bridgehead atoms. The van der Waals surface area contributed by atoms with Crippen molar-refractivity contribution >= 4 is 23.7 Å². The van der Waals surface area contributed by atoms with Gasteiger partial charge >= 0.3 is 0 Å². The van der Waals surface area contributed by atoms with Crippen LogP contribution in [0.4, 0.5) is 4.39 Å². The fraction of sp³-hybridized carbons (Fsp3) is 0. The van der Waals surface area contributed by atoms with Gasteiger partial charge in [-0.2, -0.15) is 5.10 Å². The van der Waals surface area contributed by atoms with E-state index in [2.05, 4.69) is 15.5 Å². The van der Waals surface area contributed by atoms with Gasteiger partial charge in [0, 0.05) is 11.8 Å². The summed E-state index contributed by atoms with van der Waals surface area (Å²) >= 11 is 5.83. The zero-order valence-corrected chi connectivity index (χ0v) is 13.0. The summed E-state index contributed by atoms with van der Waals surface area (Å²) in [6.07, 6.45) is 2.82. The van der Waals surface area contributed by atoms with Crippen molar-refractivity contribution in [3.05, 3.63) is 77.0 Å². The van der Waals surface area contributed by atoms with Crippen LogP contribution in [-0.2, 0) is 0 Å². The third-order valence-corrected chi connectivity index (χ3v) is 3.40. The van der Waals surface area contributed by atoms with Crippen LogP contribution in [0.3, 0.4) is 0 Å². The first-order valence-corrected chi connectivity index (χ1v) is 7.31. The molecule has 0 radical (unpaired) electrons. The number of nitrogens with zero attached hydrogens (tertiary/aromatic N) is 2. The summed E-state index contributed by atoms with van der Waals surface area (Å²) in [7, 11) is 0. The van der Waals surface area contributed by atoms with E-state index in [1.807, 2.05) is 0 Å². The Morgan fingerprint density at radius 2 is 2.12 bits per heavy atom. The Hall–Kier alpha value is -2.99. The van der Waals surface area contributed by atoms with E-state index in [0.717, 1.165) is 0 Å². The number of rotatable bonds is 4. The molecular weight excluding hydrogens is 333 g/mol. The van der Waals surface area contributed by atoms with Crippen LogP contribution < -0.4 is 5.43 Å². The van der Waals surface area contributed by atoms with Crippen LogP contribution in [0.1, 0.15) is 16.1 Å². The van der Waals surface area contributed by atoms with Crippen molar-refractivity contribution < 1.29 is 13.6 Å². The lowest BCUT2D eigenvalue weighted by Crippen LogP contribution is -2.18. The highest BCUT2D eigenvalue weighted by molar-refractivity contribution is 6.32. The first-order valence-electron chi connectivity index (χ1n) is 6.93. The molecule has 1 N–H and O–H groups in total. The molecule has 0 fully saturated rings. The number of nitrogens with one attached hydrogen (secondary N) is 1. The summed E-state index contributed by atoms with van der Waals surface area (Å²) in [6, 6.07) is 12.5. The Labute approximate surface area is 141 Å². The highest BCUT2D eigenvalue weighted by atomic mass is 35.5. The van der Waals surface area contributed by atoms with Crippen LogP contribution in [0.25, 0.3) is 11.3 Å². The maximum Gasteiger partial charge on any atom is 0.274 e.